The van der Waals surface area contributed by atoms with Crippen LogP contribution in [0.3, 0.4) is 0 Å². The fraction of sp³-hybridized carbons (Fsp3) is 0.643. The number of carbonyl (C=O) groups is 1. The molecule has 1 aliphatic rings. The second kappa shape index (κ2) is 5.85. The van der Waals surface area contributed by atoms with Gasteiger partial charge in [-0.15, -0.1) is 0 Å². The molecule has 1 saturated heterocycles. The highest BCUT2D eigenvalue weighted by molar-refractivity contribution is 5.76. The lowest BCUT2D eigenvalue weighted by Crippen LogP contribution is -2.38. The van der Waals surface area contributed by atoms with E-state index in [0.717, 1.165) is 0 Å². The van der Waals surface area contributed by atoms with Gasteiger partial charge in [0.05, 0.1) is 0 Å². The predicted molar refractivity (Wildman–Crippen MR) is 78.9 cm³/mol. The molecule has 0 aliphatic carbocycles. The first-order valence-electron chi connectivity index (χ1n) is 7.13. The number of aryl methyl sites for hydroxylation is 1. The molecule has 116 valence electrons. The van der Waals surface area contributed by atoms with Crippen LogP contribution in [0.5, 0.6) is 0 Å². The third-order valence-electron chi connectivity index (χ3n) is 4.12. The molecule has 1 aromatic rings. The first kappa shape index (κ1) is 15.5. The summed E-state index contributed by atoms with van der Waals surface area (Å²) < 4.78 is 1.23. The summed E-state index contributed by atoms with van der Waals surface area (Å²) in [5.74, 6) is 0.543. The highest BCUT2D eigenvalue weighted by Crippen LogP contribution is 2.23. The van der Waals surface area contributed by atoms with Crippen molar-refractivity contribution in [3.05, 3.63) is 32.6 Å². The summed E-state index contributed by atoms with van der Waals surface area (Å²) in [7, 11) is 0. The molecule has 0 bridgehead atoms. The largest absolute Gasteiger partial charge is 0.339 e. The standard InChI is InChI=1S/C14H22N4O3/c1-8(2)10-5-17(6-11(10)15)12(19)7-18-4-9(3)13(20)16-14(18)21/h4,8,10-11H,5-7,15H2,1-3H3,(H,16,20,21)/t10-,11+/m1/s1. The number of hydrogen-bond donors (Lipinski definition) is 2. The molecule has 1 aliphatic heterocycles. The van der Waals surface area contributed by atoms with E-state index < -0.39 is 11.2 Å². The molecule has 0 spiro atoms. The Morgan fingerprint density at radius 2 is 2.10 bits per heavy atom. The maximum Gasteiger partial charge on any atom is 0.328 e. The molecule has 1 fully saturated rings. The highest BCUT2D eigenvalue weighted by Gasteiger charge is 2.34. The topological polar surface area (TPSA) is 101 Å². The molecule has 7 heteroatoms. The number of nitrogens with one attached hydrogen (secondary N) is 1. The minimum absolute atomic E-state index is 0.0250. The van der Waals surface area contributed by atoms with Gasteiger partial charge < -0.3 is 10.6 Å². The van der Waals surface area contributed by atoms with E-state index in [-0.39, 0.29) is 24.4 Å². The fourth-order valence-electron chi connectivity index (χ4n) is 2.74. The van der Waals surface area contributed by atoms with Gasteiger partial charge in [-0.1, -0.05) is 13.8 Å². The molecule has 1 amide bonds. The fourth-order valence-corrected chi connectivity index (χ4v) is 2.74. The van der Waals surface area contributed by atoms with Gasteiger partial charge in [-0.05, 0) is 18.8 Å². The average molecular weight is 294 g/mol. The molecule has 2 atom stereocenters. The number of nitrogens with zero attached hydrogens (tertiary/aromatic N) is 2. The van der Waals surface area contributed by atoms with Crippen molar-refractivity contribution in [3.63, 3.8) is 0 Å². The maximum absolute atomic E-state index is 12.3. The zero-order valence-corrected chi connectivity index (χ0v) is 12.6. The first-order valence-corrected chi connectivity index (χ1v) is 7.13. The number of likely N-dealkylation sites (tertiary alicyclic amines) is 1. The maximum atomic E-state index is 12.3. The van der Waals surface area contributed by atoms with Crippen LogP contribution in [0.2, 0.25) is 0 Å². The van der Waals surface area contributed by atoms with E-state index in [4.69, 9.17) is 5.73 Å². The van der Waals surface area contributed by atoms with Gasteiger partial charge in [0.15, 0.2) is 0 Å². The Morgan fingerprint density at radius 1 is 1.43 bits per heavy atom. The zero-order valence-electron chi connectivity index (χ0n) is 12.6. The lowest BCUT2D eigenvalue weighted by molar-refractivity contribution is -0.131. The molecule has 0 saturated carbocycles. The van der Waals surface area contributed by atoms with Crippen LogP contribution in [0.25, 0.3) is 0 Å². The van der Waals surface area contributed by atoms with Crippen LogP contribution in [0.1, 0.15) is 19.4 Å². The molecular weight excluding hydrogens is 272 g/mol. The lowest BCUT2D eigenvalue weighted by atomic mass is 9.92. The molecular formula is C14H22N4O3. The number of rotatable bonds is 3. The average Bonchev–Trinajstić information content (AvgIpc) is 2.78. The smallest absolute Gasteiger partial charge is 0.328 e. The molecule has 2 heterocycles. The van der Waals surface area contributed by atoms with Gasteiger partial charge in [-0.3, -0.25) is 19.1 Å². The third kappa shape index (κ3) is 3.24. The number of nitrogens with two attached hydrogens (primary N) is 1. The Kier molecular flexibility index (Phi) is 4.32. The van der Waals surface area contributed by atoms with Gasteiger partial charge in [0.1, 0.15) is 6.54 Å². The number of aromatic nitrogens is 2. The number of hydrogen-bond acceptors (Lipinski definition) is 4. The molecule has 0 aromatic carbocycles. The number of H-pyrrole nitrogens is 1. The van der Waals surface area contributed by atoms with E-state index in [2.05, 4.69) is 18.8 Å². The van der Waals surface area contributed by atoms with Crippen molar-refractivity contribution in [1.82, 2.24) is 14.5 Å². The number of amides is 1. The predicted octanol–water partition coefficient (Wildman–Crippen LogP) is -0.713. The van der Waals surface area contributed by atoms with Crippen LogP contribution in [0.15, 0.2) is 15.8 Å². The van der Waals surface area contributed by atoms with Gasteiger partial charge in [0.2, 0.25) is 5.91 Å². The van der Waals surface area contributed by atoms with Crippen LogP contribution in [-0.2, 0) is 11.3 Å². The second-order valence-electron chi connectivity index (χ2n) is 6.07. The molecule has 1 aromatic heterocycles. The SMILES string of the molecule is Cc1cn(CC(=O)N2C[C@H](C(C)C)[C@@H](N)C2)c(=O)[nH]c1=O. The highest BCUT2D eigenvalue weighted by atomic mass is 16.2. The molecule has 3 N–H and O–H groups in total. The summed E-state index contributed by atoms with van der Waals surface area (Å²) in [4.78, 5) is 39.2. The Labute approximate surface area is 122 Å². The van der Waals surface area contributed by atoms with Gasteiger partial charge >= 0.3 is 5.69 Å². The Hall–Kier alpha value is -1.89. The van der Waals surface area contributed by atoms with Crippen molar-refractivity contribution >= 4 is 5.91 Å². The summed E-state index contributed by atoms with van der Waals surface area (Å²) in [6, 6.07) is -0.0250. The van der Waals surface area contributed by atoms with Crippen LogP contribution >= 0.6 is 0 Å². The quantitative estimate of drug-likeness (QED) is 0.768. The normalized spacial score (nSPS) is 22.0. The van der Waals surface area contributed by atoms with Crippen molar-refractivity contribution in [2.24, 2.45) is 17.6 Å². The first-order chi connectivity index (χ1) is 9.79. The molecule has 7 nitrogen and oxygen atoms in total. The zero-order chi connectivity index (χ0) is 15.7. The third-order valence-corrected chi connectivity index (χ3v) is 4.12. The van der Waals surface area contributed by atoms with Gasteiger partial charge in [0.25, 0.3) is 5.56 Å². The lowest BCUT2D eigenvalue weighted by Gasteiger charge is -2.18. The van der Waals surface area contributed by atoms with Crippen LogP contribution < -0.4 is 17.0 Å². The Morgan fingerprint density at radius 3 is 2.67 bits per heavy atom. The van der Waals surface area contributed by atoms with E-state index in [0.29, 0.717) is 24.6 Å². The van der Waals surface area contributed by atoms with Gasteiger partial charge in [-0.2, -0.15) is 0 Å². The summed E-state index contributed by atoms with van der Waals surface area (Å²) in [5, 5.41) is 0. The van der Waals surface area contributed by atoms with Crippen LogP contribution in [-0.4, -0.2) is 39.5 Å². The summed E-state index contributed by atoms with van der Waals surface area (Å²) in [6.07, 6.45) is 1.41. The molecule has 21 heavy (non-hydrogen) atoms. The van der Waals surface area contributed by atoms with Crippen molar-refractivity contribution in [2.45, 2.75) is 33.4 Å². The minimum atomic E-state index is -0.567. The molecule has 0 radical (unpaired) electrons. The second-order valence-corrected chi connectivity index (χ2v) is 6.07. The minimum Gasteiger partial charge on any atom is -0.339 e. The van der Waals surface area contributed by atoms with E-state index in [9.17, 15) is 14.4 Å². The summed E-state index contributed by atoms with van der Waals surface area (Å²) >= 11 is 0. The van der Waals surface area contributed by atoms with E-state index in [1.165, 1.54) is 10.8 Å². The Balaban J connectivity index is 2.11. The van der Waals surface area contributed by atoms with Crippen molar-refractivity contribution in [1.29, 1.82) is 0 Å². The van der Waals surface area contributed by atoms with Crippen LogP contribution in [0.4, 0.5) is 0 Å². The number of aromatic amines is 1. The van der Waals surface area contributed by atoms with Crippen molar-refractivity contribution in [2.75, 3.05) is 13.1 Å². The van der Waals surface area contributed by atoms with E-state index >= 15 is 0 Å². The van der Waals surface area contributed by atoms with Gasteiger partial charge in [-0.25, -0.2) is 4.79 Å². The van der Waals surface area contributed by atoms with Crippen LogP contribution in [0, 0.1) is 18.8 Å². The van der Waals surface area contributed by atoms with Crippen molar-refractivity contribution in [3.8, 4) is 0 Å². The number of carbonyl (C=O) groups excluding carboxylic acids is 1. The van der Waals surface area contributed by atoms with E-state index in [1.54, 1.807) is 11.8 Å². The van der Waals surface area contributed by atoms with Crippen molar-refractivity contribution < 1.29 is 4.79 Å². The monoisotopic (exact) mass is 294 g/mol. The summed E-state index contributed by atoms with van der Waals surface area (Å²) in [6.45, 7) is 6.84. The van der Waals surface area contributed by atoms with Gasteiger partial charge in [0, 0.05) is 30.9 Å². The molecule has 2 rings (SSSR count). The summed E-state index contributed by atoms with van der Waals surface area (Å²) in [5.41, 5.74) is 5.48. The van der Waals surface area contributed by atoms with E-state index in [1.807, 2.05) is 0 Å². The Bertz CT molecular complexity index is 646. The molecule has 0 unspecified atom stereocenters.